The van der Waals surface area contributed by atoms with Crippen LogP contribution in [0.25, 0.3) is 0 Å². The molecular weight excluding hydrogens is 332 g/mol. The molecule has 0 aliphatic carbocycles. The lowest BCUT2D eigenvalue weighted by molar-refractivity contribution is -0.385. The van der Waals surface area contributed by atoms with Gasteiger partial charge in [-0.3, -0.25) is 25.0 Å². The SMILES string of the molecule is O=C(Cc1ccccc1[N+](=O)[O-])N/N=C/c1cc([N+](=O)[O-])ccc1O. The number of rotatable bonds is 6. The van der Waals surface area contributed by atoms with Crippen LogP contribution in [0.1, 0.15) is 11.1 Å². The first-order valence-electron chi connectivity index (χ1n) is 6.90. The molecule has 1 amide bonds. The third-order valence-corrected chi connectivity index (χ3v) is 3.15. The molecular formula is C15H12N4O6. The fraction of sp³-hybridized carbons (Fsp3) is 0.0667. The summed E-state index contributed by atoms with van der Waals surface area (Å²) in [5, 5.41) is 34.8. The van der Waals surface area contributed by atoms with Crippen LogP contribution >= 0.6 is 0 Å². The Labute approximate surface area is 140 Å². The highest BCUT2D eigenvalue weighted by Gasteiger charge is 2.15. The summed E-state index contributed by atoms with van der Waals surface area (Å²) in [5.41, 5.74) is 1.98. The maximum absolute atomic E-state index is 11.8. The predicted octanol–water partition coefficient (Wildman–Crippen LogP) is 1.90. The standard InChI is InChI=1S/C15H12N4O6/c20-14-6-5-12(18(22)23)7-11(14)9-16-17-15(21)8-10-3-1-2-4-13(10)19(24)25/h1-7,9,20H,8H2,(H,17,21)/b16-9+. The van der Waals surface area contributed by atoms with E-state index >= 15 is 0 Å². The zero-order valence-electron chi connectivity index (χ0n) is 12.7. The number of nitrogens with zero attached hydrogens (tertiary/aromatic N) is 3. The predicted molar refractivity (Wildman–Crippen MR) is 87.3 cm³/mol. The summed E-state index contributed by atoms with van der Waals surface area (Å²) >= 11 is 0. The highest BCUT2D eigenvalue weighted by atomic mass is 16.6. The molecule has 0 bridgehead atoms. The van der Waals surface area contributed by atoms with E-state index in [1.165, 1.54) is 18.2 Å². The molecule has 0 aromatic heterocycles. The average molecular weight is 344 g/mol. The van der Waals surface area contributed by atoms with Crippen LogP contribution in [-0.2, 0) is 11.2 Å². The number of aromatic hydroxyl groups is 1. The largest absolute Gasteiger partial charge is 0.507 e. The van der Waals surface area contributed by atoms with Crippen molar-refractivity contribution in [3.05, 3.63) is 73.8 Å². The summed E-state index contributed by atoms with van der Waals surface area (Å²) in [6.07, 6.45) is 0.773. The first-order chi connectivity index (χ1) is 11.9. The average Bonchev–Trinajstić information content (AvgIpc) is 2.56. The van der Waals surface area contributed by atoms with Crippen LogP contribution in [0.2, 0.25) is 0 Å². The molecule has 0 fully saturated rings. The van der Waals surface area contributed by atoms with E-state index < -0.39 is 15.8 Å². The Balaban J connectivity index is 2.06. The van der Waals surface area contributed by atoms with Crippen molar-refractivity contribution < 1.29 is 19.7 Å². The maximum Gasteiger partial charge on any atom is 0.273 e. The van der Waals surface area contributed by atoms with E-state index in [0.717, 1.165) is 24.4 Å². The first kappa shape index (κ1) is 17.5. The Kier molecular flexibility index (Phi) is 5.36. The number of nitro benzene ring substituents is 2. The molecule has 2 aromatic rings. The number of non-ortho nitro benzene ring substituents is 1. The maximum atomic E-state index is 11.8. The van der Waals surface area contributed by atoms with Crippen molar-refractivity contribution in [2.24, 2.45) is 5.10 Å². The molecule has 0 saturated heterocycles. The van der Waals surface area contributed by atoms with Crippen molar-refractivity contribution in [2.75, 3.05) is 0 Å². The van der Waals surface area contributed by atoms with E-state index in [2.05, 4.69) is 10.5 Å². The molecule has 2 N–H and O–H groups in total. The summed E-state index contributed by atoms with van der Waals surface area (Å²) in [5.74, 6) is -0.863. The third-order valence-electron chi connectivity index (χ3n) is 3.15. The van der Waals surface area contributed by atoms with E-state index in [0.29, 0.717) is 0 Å². The minimum atomic E-state index is -0.635. The topological polar surface area (TPSA) is 148 Å². The number of hydrazone groups is 1. The normalized spacial score (nSPS) is 10.6. The molecule has 0 aliphatic rings. The highest BCUT2D eigenvalue weighted by Crippen LogP contribution is 2.21. The van der Waals surface area contributed by atoms with Gasteiger partial charge in [0.25, 0.3) is 11.4 Å². The Morgan fingerprint density at radius 2 is 1.88 bits per heavy atom. The van der Waals surface area contributed by atoms with Gasteiger partial charge < -0.3 is 5.11 Å². The number of phenols is 1. The zero-order chi connectivity index (χ0) is 18.4. The zero-order valence-corrected chi connectivity index (χ0v) is 12.7. The lowest BCUT2D eigenvalue weighted by Crippen LogP contribution is -2.20. The van der Waals surface area contributed by atoms with Crippen LogP contribution < -0.4 is 5.43 Å². The Hall–Kier alpha value is -3.82. The van der Waals surface area contributed by atoms with Gasteiger partial charge in [0.2, 0.25) is 5.91 Å². The number of nitrogens with one attached hydrogen (secondary N) is 1. The first-order valence-corrected chi connectivity index (χ1v) is 6.90. The van der Waals surface area contributed by atoms with Gasteiger partial charge in [-0.05, 0) is 6.07 Å². The molecule has 25 heavy (non-hydrogen) atoms. The van der Waals surface area contributed by atoms with Gasteiger partial charge in [-0.2, -0.15) is 5.10 Å². The van der Waals surface area contributed by atoms with Crippen molar-refractivity contribution in [3.63, 3.8) is 0 Å². The fourth-order valence-electron chi connectivity index (χ4n) is 1.98. The second kappa shape index (κ2) is 7.64. The van der Waals surface area contributed by atoms with E-state index in [1.54, 1.807) is 6.07 Å². The molecule has 10 heteroatoms. The summed E-state index contributed by atoms with van der Waals surface area (Å²) in [7, 11) is 0. The molecule has 2 aromatic carbocycles. The number of hydrogen-bond donors (Lipinski definition) is 2. The van der Waals surface area contributed by atoms with Crippen molar-refractivity contribution in [1.29, 1.82) is 0 Å². The van der Waals surface area contributed by atoms with Gasteiger partial charge in [0.1, 0.15) is 5.75 Å². The van der Waals surface area contributed by atoms with Crippen molar-refractivity contribution in [2.45, 2.75) is 6.42 Å². The third kappa shape index (κ3) is 4.58. The lowest BCUT2D eigenvalue weighted by Gasteiger charge is -2.02. The van der Waals surface area contributed by atoms with Crippen LogP contribution in [0.4, 0.5) is 11.4 Å². The van der Waals surface area contributed by atoms with Gasteiger partial charge in [0, 0.05) is 29.3 Å². The van der Waals surface area contributed by atoms with Crippen LogP contribution in [0.15, 0.2) is 47.6 Å². The summed E-state index contributed by atoms with van der Waals surface area (Å²) in [6, 6.07) is 9.14. The minimum absolute atomic E-state index is 0.0418. The van der Waals surface area contributed by atoms with Crippen molar-refractivity contribution in [1.82, 2.24) is 5.43 Å². The molecule has 10 nitrogen and oxygen atoms in total. The van der Waals surface area contributed by atoms with E-state index in [-0.39, 0.29) is 34.7 Å². The molecule has 0 aliphatic heterocycles. The molecule has 0 heterocycles. The van der Waals surface area contributed by atoms with Crippen LogP contribution in [-0.4, -0.2) is 27.1 Å². The number of para-hydroxylation sites is 1. The molecule has 0 atom stereocenters. The van der Waals surface area contributed by atoms with Gasteiger partial charge in [-0.1, -0.05) is 18.2 Å². The second-order valence-electron chi connectivity index (χ2n) is 4.86. The highest BCUT2D eigenvalue weighted by molar-refractivity contribution is 5.86. The van der Waals surface area contributed by atoms with E-state index in [4.69, 9.17) is 0 Å². The summed E-state index contributed by atoms with van der Waals surface area (Å²) < 4.78 is 0. The van der Waals surface area contributed by atoms with Gasteiger partial charge in [-0.15, -0.1) is 0 Å². The number of hydrogen-bond acceptors (Lipinski definition) is 7. The summed E-state index contributed by atoms with van der Waals surface area (Å²) in [4.78, 5) is 32.2. The van der Waals surface area contributed by atoms with Gasteiger partial charge in [-0.25, -0.2) is 5.43 Å². The molecule has 0 spiro atoms. The van der Waals surface area contributed by atoms with Gasteiger partial charge >= 0.3 is 0 Å². The van der Waals surface area contributed by atoms with Crippen LogP contribution in [0, 0.1) is 20.2 Å². The number of amides is 1. The lowest BCUT2D eigenvalue weighted by atomic mass is 10.1. The monoisotopic (exact) mass is 344 g/mol. The second-order valence-corrected chi connectivity index (χ2v) is 4.86. The molecule has 2 rings (SSSR count). The molecule has 128 valence electrons. The molecule has 0 unspecified atom stereocenters. The Bertz CT molecular complexity index is 865. The molecule has 0 saturated carbocycles. The van der Waals surface area contributed by atoms with Gasteiger partial charge in [0.05, 0.1) is 22.5 Å². The number of nitro groups is 2. The Morgan fingerprint density at radius 1 is 1.16 bits per heavy atom. The number of carbonyl (C=O) groups excluding carboxylic acids is 1. The Morgan fingerprint density at radius 3 is 2.56 bits per heavy atom. The van der Waals surface area contributed by atoms with Crippen molar-refractivity contribution >= 4 is 23.5 Å². The van der Waals surface area contributed by atoms with Crippen LogP contribution in [0.3, 0.4) is 0 Å². The van der Waals surface area contributed by atoms with E-state index in [1.807, 2.05) is 0 Å². The smallest absolute Gasteiger partial charge is 0.273 e. The quantitative estimate of drug-likeness (QED) is 0.464. The van der Waals surface area contributed by atoms with Gasteiger partial charge in [0.15, 0.2) is 0 Å². The van der Waals surface area contributed by atoms with E-state index in [9.17, 15) is 30.1 Å². The number of carbonyl (C=O) groups is 1. The number of benzene rings is 2. The number of phenolic OH excluding ortho intramolecular Hbond substituents is 1. The molecule has 0 radical (unpaired) electrons. The fourth-order valence-corrected chi connectivity index (χ4v) is 1.98. The van der Waals surface area contributed by atoms with Crippen molar-refractivity contribution in [3.8, 4) is 5.75 Å². The van der Waals surface area contributed by atoms with Crippen LogP contribution in [0.5, 0.6) is 5.75 Å². The summed E-state index contributed by atoms with van der Waals surface area (Å²) in [6.45, 7) is 0. The minimum Gasteiger partial charge on any atom is -0.507 e.